The number of fused-ring (bicyclic) bond motifs is 12. The Balaban J connectivity index is 0.000000203. The molecule has 12 heterocycles. The number of aryl methyl sites for hydroxylation is 1. The number of pyridine rings is 1. The average molecular weight is 1840 g/mol. The average Bonchev–Trinajstić information content (AvgIpc) is 1.58. The van der Waals surface area contributed by atoms with Crippen LogP contribution >= 0.6 is 11.6 Å². The number of hydrogen-bond donors (Lipinski definition) is 0. The van der Waals surface area contributed by atoms with E-state index in [1.165, 1.54) is 28.3 Å². The Hall–Kier alpha value is -14.5. The molecule has 6 aliphatic heterocycles. The van der Waals surface area contributed by atoms with Gasteiger partial charge < -0.3 is 48.3 Å². The minimum atomic E-state index is -0.607. The van der Waals surface area contributed by atoms with Crippen LogP contribution in [0.4, 0.5) is 0 Å². The van der Waals surface area contributed by atoms with Gasteiger partial charge in [-0.25, -0.2) is 48.1 Å². The van der Waals surface area contributed by atoms with E-state index < -0.39 is 82.3 Å². The van der Waals surface area contributed by atoms with Crippen molar-refractivity contribution in [2.24, 2.45) is 88.8 Å². The topological polar surface area (TPSA) is 523 Å². The van der Waals surface area contributed by atoms with Gasteiger partial charge >= 0.3 is 64.8 Å². The van der Waals surface area contributed by atoms with Crippen molar-refractivity contribution in [1.29, 1.82) is 0 Å². The zero-order valence-electron chi connectivity index (χ0n) is 75.3. The molecule has 5 fully saturated rings. The summed E-state index contributed by atoms with van der Waals surface area (Å²) in [5.74, 6) is -10.3. The number of halogens is 1. The molecule has 15 rings (SSSR count). The van der Waals surface area contributed by atoms with Crippen LogP contribution in [0.3, 0.4) is 0 Å². The van der Waals surface area contributed by atoms with Gasteiger partial charge in [0, 0.05) is 37.6 Å². The van der Waals surface area contributed by atoms with Crippen LogP contribution in [0.1, 0.15) is 150 Å². The Morgan fingerprint density at radius 1 is 0.427 bits per heavy atom. The molecule has 0 spiro atoms. The lowest BCUT2D eigenvalue weighted by molar-refractivity contribution is -0.202. The number of hydroxylamine groups is 8. The highest BCUT2D eigenvalue weighted by atomic mass is 35.5. The van der Waals surface area contributed by atoms with Crippen molar-refractivity contribution in [3.8, 4) is 0 Å². The van der Waals surface area contributed by atoms with Gasteiger partial charge in [0.2, 0.25) is 0 Å². The minimum absolute atomic E-state index is 0.0857. The van der Waals surface area contributed by atoms with E-state index in [4.69, 9.17) is 55.0 Å². The number of amides is 6. The van der Waals surface area contributed by atoms with Crippen molar-refractivity contribution in [2.75, 3.05) is 0 Å². The van der Waals surface area contributed by atoms with Crippen molar-refractivity contribution in [3.63, 3.8) is 0 Å². The molecule has 45 heteroatoms. The maximum atomic E-state index is 12.1. The van der Waals surface area contributed by atoms with Gasteiger partial charge in [-0.2, -0.15) is 9.79 Å². The third-order valence-corrected chi connectivity index (χ3v) is 19.0. The molecule has 6 amide bonds. The van der Waals surface area contributed by atoms with Crippen LogP contribution in [0.25, 0.3) is 21.9 Å². The highest BCUT2D eigenvalue weighted by Gasteiger charge is 2.63. The summed E-state index contributed by atoms with van der Waals surface area (Å²) in [5, 5.41) is 29.3. The SMILES string of the molecule is C=C1C=CC=CN1OC(=O)C(C)C.CC(C)C(=O)ON1C(=O)C2C3C=CC(O3)C2C1=O.CC(C)C(=O)ON1C(=O)CCC1=O.CC(C)C(=O)ON1C(=O)[C@@H]2[C@H](C1=O)[C@@H]1C=C[C@H]2C1.CC(C)C(=O)On1cccc1.CC(C)C(=O)On1nccc1Cl.CC(C)C(=O)On1nnc2ccccc2c1=O.CC(C)C(=O)On1nnc2cccnc2c1=O.Cc1cn(OC(=O)C(C)C)nn1. The van der Waals surface area contributed by atoms with Gasteiger partial charge in [-0.05, 0) is 105 Å². The second-order valence-corrected chi connectivity index (χ2v) is 32.8. The molecule has 8 atom stereocenters. The van der Waals surface area contributed by atoms with E-state index in [1.54, 1.807) is 229 Å². The molecule has 131 heavy (non-hydrogen) atoms. The number of allylic oxidation sites excluding steroid dienone is 5. The zero-order chi connectivity index (χ0) is 97.3. The summed E-state index contributed by atoms with van der Waals surface area (Å²) in [4.78, 5) is 245. The predicted molar refractivity (Wildman–Crippen MR) is 454 cm³/mol. The minimum Gasteiger partial charge on any atom is -0.365 e. The number of benzene rings is 1. The number of aromatic nitrogens is 13. The number of ether oxygens (including phenoxy) is 1. The van der Waals surface area contributed by atoms with Crippen LogP contribution in [0.2, 0.25) is 5.15 Å². The largest absolute Gasteiger partial charge is 0.365 e. The zero-order valence-corrected chi connectivity index (χ0v) is 76.1. The molecule has 0 N–H and O–H groups in total. The van der Waals surface area contributed by atoms with Gasteiger partial charge in [0.15, 0.2) is 10.7 Å². The van der Waals surface area contributed by atoms with Crippen LogP contribution < -0.4 is 35.3 Å². The molecule has 1 aromatic carbocycles. The molecule has 8 aliphatic rings. The van der Waals surface area contributed by atoms with E-state index in [0.29, 0.717) is 52.7 Å². The van der Waals surface area contributed by atoms with Gasteiger partial charge in [-0.1, -0.05) is 195 Å². The van der Waals surface area contributed by atoms with Gasteiger partial charge in [-0.3, -0.25) is 38.4 Å². The van der Waals surface area contributed by atoms with Crippen LogP contribution in [0.5, 0.6) is 0 Å². The van der Waals surface area contributed by atoms with Crippen LogP contribution in [0.15, 0.2) is 156 Å². The molecule has 1 saturated carbocycles. The van der Waals surface area contributed by atoms with Crippen molar-refractivity contribution in [2.45, 2.75) is 163 Å². The third kappa shape index (κ3) is 28.3. The first kappa shape index (κ1) is 104. The first-order chi connectivity index (χ1) is 61.7. The Labute approximate surface area is 754 Å². The molecule has 0 radical (unpaired) electrons. The quantitative estimate of drug-likeness (QED) is 0.0553. The van der Waals surface area contributed by atoms with E-state index in [0.717, 1.165) is 16.1 Å². The van der Waals surface area contributed by atoms with Gasteiger partial charge in [0.05, 0.1) is 118 Å². The second kappa shape index (κ2) is 47.6. The van der Waals surface area contributed by atoms with Gasteiger partial charge in [-0.15, -0.1) is 35.6 Å². The summed E-state index contributed by atoms with van der Waals surface area (Å²) in [6.45, 7) is 36.2. The Kier molecular flexibility index (Phi) is 37.6. The van der Waals surface area contributed by atoms with Crippen molar-refractivity contribution >= 4 is 123 Å². The smallest absolute Gasteiger partial charge is 0.337 e. The van der Waals surface area contributed by atoms with Crippen LogP contribution in [0, 0.1) is 95.7 Å². The lowest BCUT2D eigenvalue weighted by atomic mass is 9.85. The molecule has 7 aromatic rings. The number of imide groups is 3. The fraction of sp³-hybridized carbons (Fsp3) is 0.453. The molecule has 4 bridgehead atoms. The Bertz CT molecular complexity index is 5330. The van der Waals surface area contributed by atoms with Crippen molar-refractivity contribution in [3.05, 3.63) is 178 Å². The van der Waals surface area contributed by atoms with E-state index in [9.17, 15) is 81.5 Å². The predicted octanol–water partition coefficient (Wildman–Crippen LogP) is 5.84. The number of carbonyl (C=O) groups excluding carboxylic acids is 15. The molecular weight excluding hydrogens is 1740 g/mol. The maximum Gasteiger partial charge on any atom is 0.337 e. The number of carbonyl (C=O) groups is 15. The summed E-state index contributed by atoms with van der Waals surface area (Å²) in [5.41, 5.74) is 1.19. The van der Waals surface area contributed by atoms with Gasteiger partial charge in [0.25, 0.3) is 35.4 Å². The fourth-order valence-electron chi connectivity index (χ4n) is 11.4. The Morgan fingerprint density at radius 3 is 1.29 bits per heavy atom. The van der Waals surface area contributed by atoms with E-state index in [1.807, 2.05) is 18.2 Å². The summed E-state index contributed by atoms with van der Waals surface area (Å²) in [6.07, 6.45) is 22.8. The molecule has 6 aromatic heterocycles. The number of nitrogens with zero attached hydrogens (tertiary/aromatic N) is 17. The molecular formula is C86H104ClN17O27. The molecule has 4 unspecified atom stereocenters. The molecule has 4 saturated heterocycles. The normalized spacial score (nSPS) is 18.8. The second-order valence-electron chi connectivity index (χ2n) is 32.4. The summed E-state index contributed by atoms with van der Waals surface area (Å²) in [6, 6.07) is 15.1. The maximum absolute atomic E-state index is 12.1. The summed E-state index contributed by atoms with van der Waals surface area (Å²) >= 11 is 5.61. The van der Waals surface area contributed by atoms with Gasteiger partial charge in [0.1, 0.15) is 11.0 Å². The molecule has 44 nitrogen and oxygen atoms in total. The molecule has 702 valence electrons. The summed E-state index contributed by atoms with van der Waals surface area (Å²) < 4.78 is 6.85. The first-order valence-corrected chi connectivity index (χ1v) is 41.8. The summed E-state index contributed by atoms with van der Waals surface area (Å²) in [7, 11) is 0. The van der Waals surface area contributed by atoms with E-state index in [2.05, 4.69) is 52.4 Å². The van der Waals surface area contributed by atoms with Crippen molar-refractivity contribution in [1.82, 2.24) is 85.4 Å². The number of rotatable bonds is 18. The van der Waals surface area contributed by atoms with E-state index in [-0.39, 0.29) is 142 Å². The standard InChI is InChI=1S/C13H15NO4.C12H13NO5.C11H11N3O3.C10H10N4O3.C10H13NO2.C8H11NO4.C8H11NO2.C7H9ClN2O2.C7H11N3O2/c1-6(2)13(17)18-14-11(15)9-7-3-4-8(5-7)10(9)12(14)16;1-5(2)12(16)18-13-10(14)8-6-3-4-7(17-6)9(8)11(13)15;1-7(2)11(16)17-14-10(15)8-5-3-4-6-9(8)12-13-14;1-6(2)10(16)17-14-9(15)8-7(12-13-14)4-3-5-11-8;1-8(2)10(12)13-11-7-5-4-6-9(11)3;1-5(2)8(12)13-9-6(10)3-4-7(9)11;1-7(2)8(10)11-9-5-3-4-6-9;1-5(2)7(11)12-10-6(8)3-4-9-10;1-5(2)7(11)12-10-4-6(3)8-9-10/h3-4,6-10H,5H2,1-2H3;3-9H,1-2H3;3-7H,1-2H3;3-6H,1-2H3;4-8H,3H2,1-2H3;5H,3-4H2,1-2H3;3-7H,1-2H3;3-5H,1-2H3;4-5H,1-3H3/t7-,8+,9-,10+;;;;;;;;. The lowest BCUT2D eigenvalue weighted by Crippen LogP contribution is -2.37. The highest BCUT2D eigenvalue weighted by Crippen LogP contribution is 2.53. The third-order valence-electron chi connectivity index (χ3n) is 18.8. The Morgan fingerprint density at radius 2 is 0.840 bits per heavy atom. The lowest BCUT2D eigenvalue weighted by Gasteiger charge is -2.21. The monoisotopic (exact) mass is 1840 g/mol. The highest BCUT2D eigenvalue weighted by molar-refractivity contribution is 6.29. The first-order valence-electron chi connectivity index (χ1n) is 41.4. The van der Waals surface area contributed by atoms with Crippen LogP contribution in [-0.2, 0) is 96.0 Å². The van der Waals surface area contributed by atoms with E-state index >= 15 is 0 Å². The fourth-order valence-corrected chi connectivity index (χ4v) is 11.5. The van der Waals surface area contributed by atoms with Crippen molar-refractivity contribution < 1.29 is 120 Å². The van der Waals surface area contributed by atoms with Crippen LogP contribution in [-0.4, -0.2) is 187 Å². The molecule has 2 aliphatic carbocycles. The number of hydrogen-bond acceptors (Lipinski definition) is 36.